The fourth-order valence-corrected chi connectivity index (χ4v) is 4.85. The number of halogens is 16. The van der Waals surface area contributed by atoms with Gasteiger partial charge in [0.2, 0.25) is 0 Å². The van der Waals surface area contributed by atoms with Crippen molar-refractivity contribution in [2.75, 3.05) is 6.61 Å². The summed E-state index contributed by atoms with van der Waals surface area (Å²) in [5, 5.41) is 0. The van der Waals surface area contributed by atoms with Crippen LogP contribution in [0.1, 0.15) is 45.4 Å². The van der Waals surface area contributed by atoms with Gasteiger partial charge in [-0.15, -0.1) is 0 Å². The molecule has 2 rings (SSSR count). The molecule has 0 amide bonds. The molecule has 2 saturated carbocycles. The lowest BCUT2D eigenvalue weighted by Gasteiger charge is -2.43. The van der Waals surface area contributed by atoms with E-state index in [4.69, 9.17) is 0 Å². The van der Waals surface area contributed by atoms with Gasteiger partial charge in [-0.1, -0.05) is 0 Å². The third-order valence-electron chi connectivity index (χ3n) is 7.37. The molecular weight excluding hydrogens is 588 g/mol. The van der Waals surface area contributed by atoms with E-state index in [1.807, 2.05) is 0 Å². The number of ketones is 1. The van der Waals surface area contributed by atoms with Crippen LogP contribution < -0.4 is 0 Å². The Hall–Kier alpha value is -1.49. The van der Waals surface area contributed by atoms with Crippen LogP contribution in [0.4, 0.5) is 70.2 Å². The van der Waals surface area contributed by atoms with Crippen molar-refractivity contribution in [3.05, 3.63) is 0 Å². The quantitative estimate of drug-likeness (QED) is 0.223. The summed E-state index contributed by atoms with van der Waals surface area (Å²) >= 11 is 0. The van der Waals surface area contributed by atoms with Crippen molar-refractivity contribution in [3.63, 3.8) is 0 Å². The Balaban J connectivity index is 2.22. The normalized spacial score (nSPS) is 26.5. The van der Waals surface area contributed by atoms with Crippen LogP contribution in [0.3, 0.4) is 0 Å². The topological polar surface area (TPSA) is 26.3 Å². The summed E-state index contributed by atoms with van der Waals surface area (Å²) in [7, 11) is 0. The van der Waals surface area contributed by atoms with E-state index >= 15 is 0 Å². The molecule has 0 aromatic carbocycles. The maximum absolute atomic E-state index is 14.1. The Kier molecular flexibility index (Phi) is 9.00. The number of alkyl halides is 16. The molecule has 0 aromatic rings. The molecule has 0 N–H and O–H groups in total. The number of Topliss-reactive ketones (excluding diaryl/α,β-unsaturated/α-hetero) is 1. The molecule has 2 aliphatic rings. The van der Waals surface area contributed by atoms with Crippen LogP contribution >= 0.6 is 0 Å². The van der Waals surface area contributed by atoms with E-state index in [-0.39, 0.29) is 42.8 Å². The van der Waals surface area contributed by atoms with Crippen LogP contribution in [0, 0.1) is 17.8 Å². The number of carbonyl (C=O) groups is 1. The van der Waals surface area contributed by atoms with Crippen molar-refractivity contribution in [2.24, 2.45) is 17.8 Å². The minimum absolute atomic E-state index is 0.0901. The van der Waals surface area contributed by atoms with Crippen molar-refractivity contribution < 1.29 is 79.8 Å². The predicted molar refractivity (Wildman–Crippen MR) is 99.2 cm³/mol. The van der Waals surface area contributed by atoms with Crippen LogP contribution in [-0.4, -0.2) is 66.4 Å². The summed E-state index contributed by atoms with van der Waals surface area (Å²) in [6.45, 7) is -1.43. The number of hydrogen-bond acceptors (Lipinski definition) is 2. The highest BCUT2D eigenvalue weighted by Gasteiger charge is 2.93. The van der Waals surface area contributed by atoms with Crippen LogP contribution in [0.5, 0.6) is 0 Å². The second kappa shape index (κ2) is 10.4. The maximum Gasteiger partial charge on any atom is 0.384 e. The van der Waals surface area contributed by atoms with E-state index in [1.54, 1.807) is 0 Å². The number of rotatable bonds is 11. The average molecular weight is 610 g/mol. The lowest BCUT2D eigenvalue weighted by Crippen LogP contribution is -2.74. The van der Waals surface area contributed by atoms with Crippen LogP contribution in [0.2, 0.25) is 0 Å². The zero-order valence-electron chi connectivity index (χ0n) is 19.7. The highest BCUT2D eigenvalue weighted by atomic mass is 19.4. The fraction of sp³-hybridized carbons (Fsp3) is 0.952. The van der Waals surface area contributed by atoms with Crippen molar-refractivity contribution in [2.45, 2.75) is 99.4 Å². The standard InChI is InChI=1S/C21H22F16O2/c1-9(38)10-2-3-12-7-13(5-4-11(12)6-10)39-8-15(24,25)17(28,29)19(32,33)21(36,37)20(34,35)18(30,31)16(26,27)14(22)23/h10-14H,2-8H2,1H3. The minimum atomic E-state index is -8.40. The van der Waals surface area contributed by atoms with Gasteiger partial charge in [-0.2, -0.15) is 61.5 Å². The van der Waals surface area contributed by atoms with E-state index in [9.17, 15) is 75.0 Å². The highest BCUT2D eigenvalue weighted by Crippen LogP contribution is 2.62. The molecule has 230 valence electrons. The Morgan fingerprint density at radius 2 is 1.10 bits per heavy atom. The number of fused-ring (bicyclic) bond motifs is 1. The highest BCUT2D eigenvalue weighted by molar-refractivity contribution is 5.78. The Labute approximate surface area is 210 Å². The molecule has 0 aliphatic heterocycles. The molecule has 39 heavy (non-hydrogen) atoms. The second-order valence-corrected chi connectivity index (χ2v) is 9.89. The van der Waals surface area contributed by atoms with Crippen molar-refractivity contribution in [1.82, 2.24) is 0 Å². The van der Waals surface area contributed by atoms with E-state index < -0.39 is 60.6 Å². The van der Waals surface area contributed by atoms with Gasteiger partial charge in [0.15, 0.2) is 0 Å². The van der Waals surface area contributed by atoms with Gasteiger partial charge in [0.05, 0.1) is 6.10 Å². The number of ether oxygens (including phenoxy) is 1. The summed E-state index contributed by atoms with van der Waals surface area (Å²) in [4.78, 5) is 11.5. The van der Waals surface area contributed by atoms with Crippen molar-refractivity contribution in [3.8, 4) is 0 Å². The molecule has 4 atom stereocenters. The van der Waals surface area contributed by atoms with Gasteiger partial charge >= 0.3 is 47.9 Å². The van der Waals surface area contributed by atoms with Gasteiger partial charge in [-0.25, -0.2) is 8.78 Å². The molecule has 0 radical (unpaired) electrons. The zero-order chi connectivity index (χ0) is 30.6. The third kappa shape index (κ3) is 5.31. The van der Waals surface area contributed by atoms with Crippen molar-refractivity contribution in [1.29, 1.82) is 0 Å². The second-order valence-electron chi connectivity index (χ2n) is 9.89. The Morgan fingerprint density at radius 1 is 0.667 bits per heavy atom. The predicted octanol–water partition coefficient (Wildman–Crippen LogP) is 7.89. The molecule has 2 nitrogen and oxygen atoms in total. The van der Waals surface area contributed by atoms with Gasteiger partial charge in [0.25, 0.3) is 0 Å². The van der Waals surface area contributed by atoms with E-state index in [0.717, 1.165) is 0 Å². The smallest absolute Gasteiger partial charge is 0.372 e. The molecule has 0 saturated heterocycles. The molecule has 2 aliphatic carbocycles. The summed E-state index contributed by atoms with van der Waals surface area (Å²) in [6.07, 6.45) is -5.98. The number of carbonyl (C=O) groups excluding carboxylic acids is 1. The third-order valence-corrected chi connectivity index (χ3v) is 7.37. The van der Waals surface area contributed by atoms with E-state index in [2.05, 4.69) is 4.74 Å². The average Bonchev–Trinajstić information content (AvgIpc) is 2.81. The van der Waals surface area contributed by atoms with Crippen LogP contribution in [0.25, 0.3) is 0 Å². The first-order valence-corrected chi connectivity index (χ1v) is 11.3. The molecule has 4 unspecified atom stereocenters. The monoisotopic (exact) mass is 610 g/mol. The van der Waals surface area contributed by atoms with Gasteiger partial charge in [0.1, 0.15) is 12.4 Å². The van der Waals surface area contributed by atoms with Gasteiger partial charge in [0, 0.05) is 5.92 Å². The summed E-state index contributed by atoms with van der Waals surface area (Å²) in [5.74, 6) is -55.3. The Morgan fingerprint density at radius 3 is 1.59 bits per heavy atom. The molecule has 18 heteroatoms. The molecule has 0 bridgehead atoms. The SMILES string of the molecule is CC(=O)C1CCC2CC(OCC(F)(F)C(F)(F)C(F)(F)C(F)(F)C(F)(F)C(F)(F)C(F)(F)C(F)F)CCC2C1. The van der Waals surface area contributed by atoms with Gasteiger partial charge in [-0.05, 0) is 57.3 Å². The van der Waals surface area contributed by atoms with E-state index in [1.165, 1.54) is 6.92 Å². The van der Waals surface area contributed by atoms with Gasteiger partial charge in [-0.3, -0.25) is 4.79 Å². The lowest BCUT2D eigenvalue weighted by molar-refractivity contribution is -0.448. The zero-order valence-corrected chi connectivity index (χ0v) is 19.7. The minimum Gasteiger partial charge on any atom is -0.372 e. The molecule has 0 spiro atoms. The summed E-state index contributed by atoms with van der Waals surface area (Å²) in [5.41, 5.74) is 0. The summed E-state index contributed by atoms with van der Waals surface area (Å²) < 4.78 is 219. The van der Waals surface area contributed by atoms with Crippen LogP contribution in [-0.2, 0) is 9.53 Å². The maximum atomic E-state index is 14.1. The Bertz CT molecular complexity index is 887. The first kappa shape index (κ1) is 33.7. The van der Waals surface area contributed by atoms with Gasteiger partial charge < -0.3 is 4.74 Å². The lowest BCUT2D eigenvalue weighted by atomic mass is 9.66. The van der Waals surface area contributed by atoms with Crippen molar-refractivity contribution >= 4 is 5.78 Å². The number of hydrogen-bond donors (Lipinski definition) is 0. The molecular formula is C21H22F16O2. The van der Waals surface area contributed by atoms with Crippen LogP contribution in [0.15, 0.2) is 0 Å². The largest absolute Gasteiger partial charge is 0.384 e. The molecule has 0 heterocycles. The first-order valence-electron chi connectivity index (χ1n) is 11.3. The molecule has 2 fully saturated rings. The summed E-state index contributed by atoms with van der Waals surface area (Å²) in [6, 6.07) is 0. The molecule has 0 aromatic heterocycles. The fourth-order valence-electron chi connectivity index (χ4n) is 4.85. The van der Waals surface area contributed by atoms with E-state index in [0.29, 0.717) is 19.3 Å². The first-order chi connectivity index (χ1) is 17.3.